The van der Waals surface area contributed by atoms with E-state index in [1.807, 2.05) is 125 Å². The number of amides is 6. The molecule has 0 spiro atoms. The van der Waals surface area contributed by atoms with Crippen molar-refractivity contribution in [3.8, 4) is 0 Å². The van der Waals surface area contributed by atoms with Crippen LogP contribution in [0.2, 0.25) is 0 Å². The van der Waals surface area contributed by atoms with Gasteiger partial charge < -0.3 is 0 Å². The van der Waals surface area contributed by atoms with Crippen molar-refractivity contribution in [3.05, 3.63) is 34.9 Å². The van der Waals surface area contributed by atoms with Crippen LogP contribution < -0.4 is 32.6 Å². The first-order valence-electron chi connectivity index (χ1n) is 18.0. The fourth-order valence-electron chi connectivity index (χ4n) is 6.03. The lowest BCUT2D eigenvalue weighted by atomic mass is 9.98. The van der Waals surface area contributed by atoms with Crippen LogP contribution in [0.15, 0.2) is 18.2 Å². The van der Waals surface area contributed by atoms with Crippen molar-refractivity contribution in [2.45, 2.75) is 176 Å². The zero-order valence-electron chi connectivity index (χ0n) is 34.4. The summed E-state index contributed by atoms with van der Waals surface area (Å²) in [5.41, 5.74) is 20.1. The maximum absolute atomic E-state index is 13.8. The van der Waals surface area contributed by atoms with E-state index in [4.69, 9.17) is 0 Å². The van der Waals surface area contributed by atoms with Crippen LogP contribution in [0, 0.1) is 0 Å². The number of carbonyl (C=O) groups excluding carboxylic acids is 3. The number of benzene rings is 1. The van der Waals surface area contributed by atoms with Crippen LogP contribution in [0.4, 0.5) is 14.4 Å². The van der Waals surface area contributed by atoms with E-state index in [1.54, 1.807) is 30.1 Å². The van der Waals surface area contributed by atoms with E-state index in [-0.39, 0.29) is 18.1 Å². The van der Waals surface area contributed by atoms with Crippen molar-refractivity contribution in [2.24, 2.45) is 0 Å². The number of carbonyl (C=O) groups is 3. The van der Waals surface area contributed by atoms with Gasteiger partial charge in [0.2, 0.25) is 0 Å². The van der Waals surface area contributed by atoms with Gasteiger partial charge in [0.15, 0.2) is 0 Å². The number of rotatable bonds is 3. The van der Waals surface area contributed by atoms with E-state index in [0.29, 0.717) is 0 Å². The highest BCUT2D eigenvalue weighted by Crippen LogP contribution is 2.34. The molecule has 3 saturated heterocycles. The number of hydrogen-bond donors (Lipinski definition) is 6. The Morgan fingerprint density at radius 2 is 0.471 bits per heavy atom. The summed E-state index contributed by atoms with van der Waals surface area (Å²) in [4.78, 5) is 41.4. The molecule has 0 atom stereocenters. The largest absolute Gasteiger partial charge is 0.349 e. The smallest absolute Gasteiger partial charge is 0.251 e. The van der Waals surface area contributed by atoms with Crippen molar-refractivity contribution in [2.75, 3.05) is 0 Å². The third-order valence-electron chi connectivity index (χ3n) is 8.72. The Balaban J connectivity index is 1.94. The molecule has 6 amide bonds. The van der Waals surface area contributed by atoms with Crippen molar-refractivity contribution in [1.82, 2.24) is 62.6 Å². The van der Waals surface area contributed by atoms with E-state index in [2.05, 4.69) is 50.8 Å². The quantitative estimate of drug-likeness (QED) is 0.232. The van der Waals surface area contributed by atoms with Gasteiger partial charge in [0.1, 0.15) is 18.5 Å². The Morgan fingerprint density at radius 3 is 0.588 bits per heavy atom. The summed E-state index contributed by atoms with van der Waals surface area (Å²) >= 11 is 0. The zero-order valence-corrected chi connectivity index (χ0v) is 34.4. The SMILES string of the molecule is CC(C)(C)N1NC(c2cc(C3NN(C(C)(C)C)C(=O)N(C(C)(C)C)N3)cc(C3NN(C(C)(C)C)C(=O)N(C(C)(C)C)N3)c2)NN(C(C)(C)C)C1=O. The Kier molecular flexibility index (Phi) is 10.4. The molecule has 0 saturated carbocycles. The summed E-state index contributed by atoms with van der Waals surface area (Å²) in [6, 6.07) is 5.66. The second kappa shape index (κ2) is 13.0. The number of nitrogens with zero attached hydrogens (tertiary/aromatic N) is 6. The van der Waals surface area contributed by atoms with Gasteiger partial charge in [-0.3, -0.25) is 30.1 Å². The lowest BCUT2D eigenvalue weighted by molar-refractivity contribution is -0.0436. The average Bonchev–Trinajstić information content (AvgIpc) is 2.93. The van der Waals surface area contributed by atoms with Crippen LogP contribution in [0.25, 0.3) is 0 Å². The summed E-state index contributed by atoms with van der Waals surface area (Å²) in [6.07, 6.45) is -1.57. The molecule has 1 aromatic rings. The molecule has 4 rings (SSSR count). The molecule has 0 aromatic heterocycles. The molecule has 0 radical (unpaired) electrons. The molecule has 0 aliphatic carbocycles. The van der Waals surface area contributed by atoms with Gasteiger partial charge in [-0.25, -0.2) is 46.9 Å². The number of hydrazine groups is 6. The molecule has 15 nitrogen and oxygen atoms in total. The highest BCUT2D eigenvalue weighted by molar-refractivity contribution is 5.77. The lowest BCUT2D eigenvalue weighted by Crippen LogP contribution is -2.73. The Labute approximate surface area is 306 Å². The first-order chi connectivity index (χ1) is 22.8. The van der Waals surface area contributed by atoms with Crippen LogP contribution in [-0.2, 0) is 0 Å². The standard InChI is InChI=1S/C36H66N12O3/c1-31(2,3)43-28(49)44(32(4,5)6)38-25(37-43)22-19-23(26-39-45(33(7,8)9)29(50)46(40-26)34(10,11)12)21-24(20-22)27-41-47(35(13,14)15)30(51)48(42-27)36(16,17)18/h19-21,25-27,37-42H,1-18H3. The first kappa shape index (κ1) is 40.6. The Hall–Kier alpha value is -3.21. The predicted octanol–water partition coefficient (Wildman–Crippen LogP) is 5.71. The van der Waals surface area contributed by atoms with Crippen molar-refractivity contribution in [1.29, 1.82) is 0 Å². The second-order valence-corrected chi connectivity index (χ2v) is 19.9. The van der Waals surface area contributed by atoms with E-state index < -0.39 is 51.7 Å². The summed E-state index contributed by atoms with van der Waals surface area (Å²) in [5, 5.41) is 10.0. The molecule has 3 fully saturated rings. The predicted molar refractivity (Wildman–Crippen MR) is 199 cm³/mol. The minimum Gasteiger partial charge on any atom is -0.251 e. The molecule has 0 unspecified atom stereocenters. The minimum atomic E-state index is -0.540. The molecule has 288 valence electrons. The first-order valence-corrected chi connectivity index (χ1v) is 18.0. The van der Waals surface area contributed by atoms with Crippen LogP contribution in [0.5, 0.6) is 0 Å². The van der Waals surface area contributed by atoms with Gasteiger partial charge >= 0.3 is 18.1 Å². The van der Waals surface area contributed by atoms with Crippen molar-refractivity contribution < 1.29 is 14.4 Å². The van der Waals surface area contributed by atoms with Crippen LogP contribution >= 0.6 is 0 Å². The minimum absolute atomic E-state index is 0.186. The molecule has 1 aromatic carbocycles. The van der Waals surface area contributed by atoms with Crippen LogP contribution in [-0.4, -0.2) is 81.4 Å². The molecule has 51 heavy (non-hydrogen) atoms. The van der Waals surface area contributed by atoms with Gasteiger partial charge in [0.05, 0.1) is 33.2 Å². The molecular formula is C36H66N12O3. The fourth-order valence-corrected chi connectivity index (χ4v) is 6.03. The fraction of sp³-hybridized carbons (Fsp3) is 0.750. The van der Waals surface area contributed by atoms with Gasteiger partial charge in [0, 0.05) is 0 Å². The van der Waals surface area contributed by atoms with Crippen LogP contribution in [0.1, 0.15) is 160 Å². The Morgan fingerprint density at radius 1 is 0.333 bits per heavy atom. The molecular weight excluding hydrogens is 648 g/mol. The summed E-state index contributed by atoms with van der Waals surface area (Å²) in [6.45, 7) is 35.9. The van der Waals surface area contributed by atoms with E-state index in [0.717, 1.165) is 16.7 Å². The maximum atomic E-state index is 13.8. The van der Waals surface area contributed by atoms with Gasteiger partial charge in [-0.1, -0.05) is 0 Å². The summed E-state index contributed by atoms with van der Waals surface area (Å²) in [5.74, 6) is 0. The third kappa shape index (κ3) is 8.55. The molecule has 3 heterocycles. The topological polar surface area (TPSA) is 143 Å². The number of urea groups is 3. The normalized spacial score (nSPS) is 20.7. The van der Waals surface area contributed by atoms with Crippen LogP contribution in [0.3, 0.4) is 0 Å². The van der Waals surface area contributed by atoms with E-state index in [1.165, 1.54) is 0 Å². The van der Waals surface area contributed by atoms with Crippen molar-refractivity contribution >= 4 is 18.1 Å². The maximum Gasteiger partial charge on any atom is 0.349 e. The summed E-state index contributed by atoms with van der Waals surface area (Å²) < 4.78 is 0. The monoisotopic (exact) mass is 715 g/mol. The molecule has 0 bridgehead atoms. The lowest BCUT2D eigenvalue weighted by Gasteiger charge is -2.52. The highest BCUT2D eigenvalue weighted by Gasteiger charge is 2.46. The van der Waals surface area contributed by atoms with Gasteiger partial charge in [-0.05, 0) is 160 Å². The Bertz CT molecular complexity index is 1220. The third-order valence-corrected chi connectivity index (χ3v) is 8.72. The second-order valence-electron chi connectivity index (χ2n) is 19.9. The number of hydrogen-bond acceptors (Lipinski definition) is 9. The zero-order chi connectivity index (χ0) is 39.0. The van der Waals surface area contributed by atoms with Crippen molar-refractivity contribution in [3.63, 3.8) is 0 Å². The van der Waals surface area contributed by atoms with Gasteiger partial charge in [-0.2, -0.15) is 0 Å². The number of nitrogens with one attached hydrogen (secondary N) is 6. The van der Waals surface area contributed by atoms with Gasteiger partial charge in [-0.15, -0.1) is 0 Å². The molecule has 3 aliphatic rings. The average molecular weight is 715 g/mol. The van der Waals surface area contributed by atoms with E-state index >= 15 is 0 Å². The summed E-state index contributed by atoms with van der Waals surface area (Å²) in [7, 11) is 0. The van der Waals surface area contributed by atoms with E-state index in [9.17, 15) is 14.4 Å². The highest BCUT2D eigenvalue weighted by atomic mass is 16.2. The molecule has 6 N–H and O–H groups in total. The van der Waals surface area contributed by atoms with Gasteiger partial charge in [0.25, 0.3) is 0 Å². The molecule has 15 heteroatoms. The molecule has 3 aliphatic heterocycles.